The van der Waals surface area contributed by atoms with Crippen LogP contribution >= 0.6 is 0 Å². The van der Waals surface area contributed by atoms with Crippen LogP contribution in [-0.4, -0.2) is 40.3 Å². The van der Waals surface area contributed by atoms with E-state index >= 15 is 0 Å². The highest BCUT2D eigenvalue weighted by atomic mass is 16.5. The summed E-state index contributed by atoms with van der Waals surface area (Å²) in [4.78, 5) is 14.9. The molecule has 5 heteroatoms. The first-order valence-corrected chi connectivity index (χ1v) is 8.27. The molecule has 0 unspecified atom stereocenters. The van der Waals surface area contributed by atoms with Crippen LogP contribution in [0.4, 0.5) is 0 Å². The number of hydrogen-bond acceptors (Lipinski definition) is 3. The molecule has 1 amide bonds. The highest BCUT2D eigenvalue weighted by molar-refractivity contribution is 5.80. The molecule has 0 bridgehead atoms. The zero-order chi connectivity index (χ0) is 15.5. The predicted molar refractivity (Wildman–Crippen MR) is 84.3 cm³/mol. The molecule has 5 nitrogen and oxygen atoms in total. The Bertz CT molecular complexity index is 564. The van der Waals surface area contributed by atoms with E-state index in [2.05, 4.69) is 25.0 Å². The quantitative estimate of drug-likeness (QED) is 0.806. The van der Waals surface area contributed by atoms with E-state index in [-0.39, 0.29) is 17.9 Å². The number of amides is 1. The normalized spacial score (nSPS) is 25.9. The summed E-state index contributed by atoms with van der Waals surface area (Å²) in [6.45, 7) is 7.31. The van der Waals surface area contributed by atoms with Gasteiger partial charge in [0.2, 0.25) is 5.91 Å². The Morgan fingerprint density at radius 2 is 2.36 bits per heavy atom. The lowest BCUT2D eigenvalue weighted by molar-refractivity contribution is -0.145. The van der Waals surface area contributed by atoms with E-state index in [1.807, 2.05) is 22.0 Å². The van der Waals surface area contributed by atoms with E-state index in [0.717, 1.165) is 51.1 Å². The van der Waals surface area contributed by atoms with Gasteiger partial charge in [0.15, 0.2) is 0 Å². The van der Waals surface area contributed by atoms with E-state index in [4.69, 9.17) is 4.74 Å². The minimum atomic E-state index is -0.146. The summed E-state index contributed by atoms with van der Waals surface area (Å²) in [6, 6.07) is 0. The van der Waals surface area contributed by atoms with Gasteiger partial charge in [-0.1, -0.05) is 11.6 Å². The zero-order valence-electron chi connectivity index (χ0n) is 13.5. The molecule has 120 valence electrons. The molecule has 1 fully saturated rings. The monoisotopic (exact) mass is 303 g/mol. The minimum Gasteiger partial charge on any atom is -0.373 e. The smallest absolute Gasteiger partial charge is 0.228 e. The molecule has 1 aromatic heterocycles. The second kappa shape index (κ2) is 6.65. The summed E-state index contributed by atoms with van der Waals surface area (Å²) in [6.07, 6.45) is 8.76. The molecule has 0 spiro atoms. The first-order valence-electron chi connectivity index (χ1n) is 8.27. The number of nitrogens with zero attached hydrogens (tertiary/aromatic N) is 3. The van der Waals surface area contributed by atoms with Gasteiger partial charge in [-0.25, -0.2) is 0 Å². The van der Waals surface area contributed by atoms with Gasteiger partial charge in [-0.2, -0.15) is 5.10 Å². The lowest BCUT2D eigenvalue weighted by Crippen LogP contribution is -2.43. The fourth-order valence-electron chi connectivity index (χ4n) is 3.40. The summed E-state index contributed by atoms with van der Waals surface area (Å²) >= 11 is 0. The standard InChI is InChI=1S/C17H25N3O2/c1-3-20-12-14(10-18-20)16-15(7-5-9-22-16)17(21)19-8-4-6-13(2)11-19/h6,10,12,15-16H,3-5,7-9,11H2,1-2H3/t15-,16+/m1/s1. The highest BCUT2D eigenvalue weighted by Gasteiger charge is 2.36. The Balaban J connectivity index is 1.77. The Morgan fingerprint density at radius 1 is 1.50 bits per heavy atom. The van der Waals surface area contributed by atoms with Crippen LogP contribution in [-0.2, 0) is 16.1 Å². The van der Waals surface area contributed by atoms with Crippen molar-refractivity contribution in [1.29, 1.82) is 0 Å². The lowest BCUT2D eigenvalue weighted by Gasteiger charge is -2.35. The van der Waals surface area contributed by atoms with Crippen molar-refractivity contribution in [2.75, 3.05) is 19.7 Å². The maximum Gasteiger partial charge on any atom is 0.228 e. The SMILES string of the molecule is CCn1cc([C@@H]2OCCC[C@H]2C(=O)N2CCC=C(C)C2)cn1. The van der Waals surface area contributed by atoms with Crippen LogP contribution in [0.2, 0.25) is 0 Å². The molecule has 0 aliphatic carbocycles. The average molecular weight is 303 g/mol. The molecular formula is C17H25N3O2. The predicted octanol–water partition coefficient (Wildman–Crippen LogP) is 2.55. The van der Waals surface area contributed by atoms with Gasteiger partial charge in [-0.15, -0.1) is 0 Å². The van der Waals surface area contributed by atoms with Gasteiger partial charge in [0.1, 0.15) is 0 Å². The Labute approximate surface area is 131 Å². The van der Waals surface area contributed by atoms with Crippen molar-refractivity contribution in [3.05, 3.63) is 29.6 Å². The largest absolute Gasteiger partial charge is 0.373 e. The molecule has 22 heavy (non-hydrogen) atoms. The summed E-state index contributed by atoms with van der Waals surface area (Å²) in [5, 5.41) is 4.33. The van der Waals surface area contributed by atoms with Crippen molar-refractivity contribution in [3.63, 3.8) is 0 Å². The average Bonchev–Trinajstić information content (AvgIpc) is 3.03. The van der Waals surface area contributed by atoms with E-state index < -0.39 is 0 Å². The molecule has 3 heterocycles. The summed E-state index contributed by atoms with van der Waals surface area (Å²) in [5.74, 6) is 0.163. The Kier molecular flexibility index (Phi) is 4.62. The van der Waals surface area contributed by atoms with Gasteiger partial charge in [0, 0.05) is 38.0 Å². The van der Waals surface area contributed by atoms with Crippen LogP contribution in [0.25, 0.3) is 0 Å². The van der Waals surface area contributed by atoms with Crippen LogP contribution < -0.4 is 0 Å². The molecule has 2 aliphatic heterocycles. The highest BCUT2D eigenvalue weighted by Crippen LogP contribution is 2.35. The third kappa shape index (κ3) is 3.09. The number of hydrogen-bond donors (Lipinski definition) is 0. The van der Waals surface area contributed by atoms with Crippen LogP contribution in [0.5, 0.6) is 0 Å². The van der Waals surface area contributed by atoms with Gasteiger partial charge < -0.3 is 9.64 Å². The summed E-state index contributed by atoms with van der Waals surface area (Å²) in [5.41, 5.74) is 2.32. The van der Waals surface area contributed by atoms with Crippen molar-refractivity contribution in [2.45, 2.75) is 45.8 Å². The molecular weight excluding hydrogens is 278 g/mol. The van der Waals surface area contributed by atoms with Gasteiger partial charge in [-0.3, -0.25) is 9.48 Å². The van der Waals surface area contributed by atoms with E-state index in [1.54, 1.807) is 0 Å². The Hall–Kier alpha value is -1.62. The van der Waals surface area contributed by atoms with Gasteiger partial charge >= 0.3 is 0 Å². The Morgan fingerprint density at radius 3 is 3.09 bits per heavy atom. The van der Waals surface area contributed by atoms with Gasteiger partial charge in [0.05, 0.1) is 18.2 Å². The van der Waals surface area contributed by atoms with E-state index in [1.165, 1.54) is 5.57 Å². The summed E-state index contributed by atoms with van der Waals surface area (Å²) < 4.78 is 7.85. The molecule has 2 atom stereocenters. The molecule has 0 N–H and O–H groups in total. The topological polar surface area (TPSA) is 47.4 Å². The molecule has 1 saturated heterocycles. The first-order chi connectivity index (χ1) is 10.7. The molecule has 2 aliphatic rings. The molecule has 0 saturated carbocycles. The fourth-order valence-corrected chi connectivity index (χ4v) is 3.40. The zero-order valence-corrected chi connectivity index (χ0v) is 13.5. The molecule has 1 aromatic rings. The lowest BCUT2D eigenvalue weighted by atomic mass is 9.89. The number of aryl methyl sites for hydroxylation is 1. The number of rotatable bonds is 3. The summed E-state index contributed by atoms with van der Waals surface area (Å²) in [7, 11) is 0. The molecule has 3 rings (SSSR count). The maximum absolute atomic E-state index is 13.0. The van der Waals surface area contributed by atoms with Crippen molar-refractivity contribution < 1.29 is 9.53 Å². The van der Waals surface area contributed by atoms with Crippen molar-refractivity contribution in [2.24, 2.45) is 5.92 Å². The number of ether oxygens (including phenoxy) is 1. The minimum absolute atomic E-state index is 0.0749. The molecule has 0 radical (unpaired) electrons. The third-order valence-corrected chi connectivity index (χ3v) is 4.59. The fraction of sp³-hybridized carbons (Fsp3) is 0.647. The van der Waals surface area contributed by atoms with Gasteiger partial charge in [0.25, 0.3) is 0 Å². The number of carbonyl (C=O) groups is 1. The first kappa shape index (κ1) is 15.3. The second-order valence-electron chi connectivity index (χ2n) is 6.27. The maximum atomic E-state index is 13.0. The van der Waals surface area contributed by atoms with Gasteiger partial charge in [-0.05, 0) is 33.1 Å². The second-order valence-corrected chi connectivity index (χ2v) is 6.27. The van der Waals surface area contributed by atoms with Crippen molar-refractivity contribution in [1.82, 2.24) is 14.7 Å². The van der Waals surface area contributed by atoms with Crippen molar-refractivity contribution >= 4 is 5.91 Å². The van der Waals surface area contributed by atoms with Crippen LogP contribution in [0.3, 0.4) is 0 Å². The number of aromatic nitrogens is 2. The van der Waals surface area contributed by atoms with Crippen LogP contribution in [0.15, 0.2) is 24.0 Å². The van der Waals surface area contributed by atoms with Crippen molar-refractivity contribution in [3.8, 4) is 0 Å². The van der Waals surface area contributed by atoms with E-state index in [9.17, 15) is 4.79 Å². The molecule has 0 aromatic carbocycles. The van der Waals surface area contributed by atoms with Crippen LogP contribution in [0, 0.1) is 5.92 Å². The van der Waals surface area contributed by atoms with E-state index in [0.29, 0.717) is 0 Å². The third-order valence-electron chi connectivity index (χ3n) is 4.59. The van der Waals surface area contributed by atoms with Crippen LogP contribution in [0.1, 0.15) is 44.8 Å². The number of carbonyl (C=O) groups excluding carboxylic acids is 1.